The molecular weight excluding hydrogens is 278 g/mol. The van der Waals surface area contributed by atoms with E-state index in [9.17, 15) is 8.42 Å². The SMILES string of the molecule is C=CCCOCCNS(=O)(=O)c1cnc(Cl)nc1. The third-order valence-corrected chi connectivity index (χ3v) is 3.52. The number of halogens is 1. The van der Waals surface area contributed by atoms with E-state index < -0.39 is 10.0 Å². The van der Waals surface area contributed by atoms with Gasteiger partial charge in [0.25, 0.3) is 0 Å². The van der Waals surface area contributed by atoms with Gasteiger partial charge in [-0.25, -0.2) is 23.1 Å². The molecule has 0 saturated heterocycles. The van der Waals surface area contributed by atoms with E-state index >= 15 is 0 Å². The van der Waals surface area contributed by atoms with E-state index in [0.29, 0.717) is 13.2 Å². The summed E-state index contributed by atoms with van der Waals surface area (Å²) in [6, 6.07) is 0. The number of ether oxygens (including phenoxy) is 1. The second-order valence-corrected chi connectivity index (χ2v) is 5.38. The molecule has 1 heterocycles. The monoisotopic (exact) mass is 291 g/mol. The topological polar surface area (TPSA) is 81.2 Å². The molecule has 0 unspecified atom stereocenters. The lowest BCUT2D eigenvalue weighted by atomic mass is 10.5. The van der Waals surface area contributed by atoms with Crippen LogP contribution in [0.1, 0.15) is 6.42 Å². The van der Waals surface area contributed by atoms with Gasteiger partial charge in [0.15, 0.2) is 0 Å². The van der Waals surface area contributed by atoms with Gasteiger partial charge in [0.2, 0.25) is 15.3 Å². The normalized spacial score (nSPS) is 11.4. The molecule has 6 nitrogen and oxygen atoms in total. The van der Waals surface area contributed by atoms with Crippen molar-refractivity contribution in [2.24, 2.45) is 0 Å². The number of aromatic nitrogens is 2. The van der Waals surface area contributed by atoms with Crippen molar-refractivity contribution in [3.8, 4) is 0 Å². The van der Waals surface area contributed by atoms with Gasteiger partial charge in [-0.1, -0.05) is 6.08 Å². The molecule has 0 spiro atoms. The summed E-state index contributed by atoms with van der Waals surface area (Å²) in [7, 11) is -3.60. The van der Waals surface area contributed by atoms with Crippen molar-refractivity contribution in [3.63, 3.8) is 0 Å². The third kappa shape index (κ3) is 5.09. The lowest BCUT2D eigenvalue weighted by Gasteiger charge is -2.06. The maximum atomic E-state index is 11.7. The van der Waals surface area contributed by atoms with Crippen molar-refractivity contribution < 1.29 is 13.2 Å². The number of sulfonamides is 1. The Kier molecular flexibility index (Phi) is 6.20. The molecular formula is C10H14ClN3O3S. The first-order valence-corrected chi connectivity index (χ1v) is 7.08. The largest absolute Gasteiger partial charge is 0.380 e. The minimum atomic E-state index is -3.60. The van der Waals surface area contributed by atoms with Crippen LogP contribution in [0.15, 0.2) is 29.9 Å². The molecule has 1 aromatic heterocycles. The van der Waals surface area contributed by atoms with Crippen LogP contribution in [0.5, 0.6) is 0 Å². The third-order valence-electron chi connectivity index (χ3n) is 1.91. The molecule has 100 valence electrons. The zero-order valence-electron chi connectivity index (χ0n) is 9.67. The summed E-state index contributed by atoms with van der Waals surface area (Å²) in [6.45, 7) is 4.55. The minimum absolute atomic E-state index is 0.00158. The van der Waals surface area contributed by atoms with E-state index in [2.05, 4.69) is 21.3 Å². The summed E-state index contributed by atoms with van der Waals surface area (Å²) in [5, 5.41) is 0.00158. The summed E-state index contributed by atoms with van der Waals surface area (Å²) in [4.78, 5) is 7.18. The Morgan fingerprint density at radius 3 is 2.67 bits per heavy atom. The summed E-state index contributed by atoms with van der Waals surface area (Å²) < 4.78 is 31.0. The van der Waals surface area contributed by atoms with Crippen LogP contribution in [0.3, 0.4) is 0 Å². The summed E-state index contributed by atoms with van der Waals surface area (Å²) in [6.07, 6.45) is 4.76. The molecule has 8 heteroatoms. The average molecular weight is 292 g/mol. The highest BCUT2D eigenvalue weighted by molar-refractivity contribution is 7.89. The molecule has 1 aromatic rings. The molecule has 0 aliphatic carbocycles. The molecule has 0 aromatic carbocycles. The quantitative estimate of drug-likeness (QED) is 0.439. The van der Waals surface area contributed by atoms with Crippen LogP contribution in [0.25, 0.3) is 0 Å². The molecule has 0 fully saturated rings. The second-order valence-electron chi connectivity index (χ2n) is 3.28. The molecule has 0 atom stereocenters. The van der Waals surface area contributed by atoms with Crippen LogP contribution in [0.2, 0.25) is 5.28 Å². The Bertz CT molecular complexity index is 476. The lowest BCUT2D eigenvalue weighted by molar-refractivity contribution is 0.144. The predicted molar refractivity (Wildman–Crippen MR) is 67.9 cm³/mol. The molecule has 0 bridgehead atoms. The fourth-order valence-corrected chi connectivity index (χ4v) is 2.04. The highest BCUT2D eigenvalue weighted by Crippen LogP contribution is 2.06. The van der Waals surface area contributed by atoms with Gasteiger partial charge in [0, 0.05) is 6.54 Å². The van der Waals surface area contributed by atoms with E-state index in [-0.39, 0.29) is 16.7 Å². The molecule has 0 aliphatic heterocycles. The number of nitrogens with zero attached hydrogens (tertiary/aromatic N) is 2. The Balaban J connectivity index is 2.40. The van der Waals surface area contributed by atoms with Crippen molar-refractivity contribution in [2.75, 3.05) is 19.8 Å². The van der Waals surface area contributed by atoms with Crippen molar-refractivity contribution in [1.82, 2.24) is 14.7 Å². The minimum Gasteiger partial charge on any atom is -0.380 e. The van der Waals surface area contributed by atoms with Crippen LogP contribution in [-0.2, 0) is 14.8 Å². The summed E-state index contributed by atoms with van der Waals surface area (Å²) >= 11 is 5.47. The van der Waals surface area contributed by atoms with Gasteiger partial charge in [-0.2, -0.15) is 0 Å². The predicted octanol–water partition coefficient (Wildman–Crippen LogP) is 1.00. The average Bonchev–Trinajstić information content (AvgIpc) is 2.34. The number of nitrogens with one attached hydrogen (secondary N) is 1. The second kappa shape index (κ2) is 7.42. The first kappa shape index (κ1) is 15.0. The molecule has 0 saturated carbocycles. The maximum Gasteiger partial charge on any atom is 0.243 e. The smallest absolute Gasteiger partial charge is 0.243 e. The van der Waals surface area contributed by atoms with Crippen molar-refractivity contribution in [3.05, 3.63) is 30.3 Å². The lowest BCUT2D eigenvalue weighted by Crippen LogP contribution is -2.27. The number of hydrogen-bond donors (Lipinski definition) is 1. The fourth-order valence-electron chi connectivity index (χ4n) is 1.04. The number of hydrogen-bond acceptors (Lipinski definition) is 5. The van der Waals surface area contributed by atoms with Crippen molar-refractivity contribution in [1.29, 1.82) is 0 Å². The molecule has 0 radical (unpaired) electrons. The van der Waals surface area contributed by atoms with Crippen LogP contribution in [-0.4, -0.2) is 38.1 Å². The first-order valence-electron chi connectivity index (χ1n) is 5.22. The van der Waals surface area contributed by atoms with Crippen molar-refractivity contribution in [2.45, 2.75) is 11.3 Å². The molecule has 1 rings (SSSR count). The summed E-state index contributed by atoms with van der Waals surface area (Å²) in [5.74, 6) is 0. The maximum absolute atomic E-state index is 11.7. The van der Waals surface area contributed by atoms with E-state index in [4.69, 9.17) is 16.3 Å². The van der Waals surface area contributed by atoms with E-state index in [1.54, 1.807) is 6.08 Å². The van der Waals surface area contributed by atoms with E-state index in [1.165, 1.54) is 0 Å². The Morgan fingerprint density at radius 2 is 2.06 bits per heavy atom. The standard InChI is InChI=1S/C10H14ClN3O3S/c1-2-3-5-17-6-4-14-18(15,16)9-7-12-10(11)13-8-9/h2,7-8,14H,1,3-6H2. The van der Waals surface area contributed by atoms with Crippen LogP contribution >= 0.6 is 11.6 Å². The zero-order chi connectivity index (χ0) is 13.4. The Morgan fingerprint density at radius 1 is 1.39 bits per heavy atom. The fraction of sp³-hybridized carbons (Fsp3) is 0.400. The first-order chi connectivity index (χ1) is 8.56. The van der Waals surface area contributed by atoms with E-state index in [1.807, 2.05) is 0 Å². The van der Waals surface area contributed by atoms with Crippen LogP contribution < -0.4 is 4.72 Å². The number of rotatable bonds is 8. The zero-order valence-corrected chi connectivity index (χ0v) is 11.2. The van der Waals surface area contributed by atoms with Gasteiger partial charge in [-0.05, 0) is 18.0 Å². The van der Waals surface area contributed by atoms with Gasteiger partial charge in [-0.3, -0.25) is 0 Å². The molecule has 1 N–H and O–H groups in total. The van der Waals surface area contributed by atoms with Crippen molar-refractivity contribution >= 4 is 21.6 Å². The highest BCUT2D eigenvalue weighted by atomic mass is 35.5. The van der Waals surface area contributed by atoms with Gasteiger partial charge in [0.05, 0.1) is 25.6 Å². The van der Waals surface area contributed by atoms with Gasteiger partial charge < -0.3 is 4.74 Å². The van der Waals surface area contributed by atoms with Gasteiger partial charge in [-0.15, -0.1) is 6.58 Å². The van der Waals surface area contributed by atoms with E-state index in [0.717, 1.165) is 18.8 Å². The molecule has 0 amide bonds. The summed E-state index contributed by atoms with van der Waals surface area (Å²) in [5.41, 5.74) is 0. The van der Waals surface area contributed by atoms with Gasteiger partial charge >= 0.3 is 0 Å². The van der Waals surface area contributed by atoms with Gasteiger partial charge in [0.1, 0.15) is 4.90 Å². The molecule has 18 heavy (non-hydrogen) atoms. The van der Waals surface area contributed by atoms with Crippen LogP contribution in [0, 0.1) is 0 Å². The Labute approximate surface area is 111 Å². The van der Waals surface area contributed by atoms with Crippen LogP contribution in [0.4, 0.5) is 0 Å². The highest BCUT2D eigenvalue weighted by Gasteiger charge is 2.14. The Hall–Kier alpha value is -1.02. The molecule has 0 aliphatic rings.